The van der Waals surface area contributed by atoms with Crippen molar-refractivity contribution in [3.05, 3.63) is 129 Å². The van der Waals surface area contributed by atoms with Gasteiger partial charge < -0.3 is 10.6 Å². The second kappa shape index (κ2) is 11.2. The molecule has 0 spiro atoms. The zero-order valence-corrected chi connectivity index (χ0v) is 21.7. The number of amides is 2. The summed E-state index contributed by atoms with van der Waals surface area (Å²) < 4.78 is 71.2. The number of carbonyl (C=O) groups is 1. The Kier molecular flexibility index (Phi) is 8.13. The summed E-state index contributed by atoms with van der Waals surface area (Å²) in [5, 5.41) is 5.39. The summed E-state index contributed by atoms with van der Waals surface area (Å²) in [5.74, 6) is -5.68. The number of urea groups is 1. The third-order valence-electron chi connectivity index (χ3n) is 5.94. The first kappa shape index (κ1) is 28.3. The number of hydrogen-bond donors (Lipinski definition) is 2. The maximum atomic E-state index is 14.8. The lowest BCUT2D eigenvalue weighted by Gasteiger charge is -2.36. The molecule has 4 aromatic rings. The van der Waals surface area contributed by atoms with Gasteiger partial charge in [0.05, 0.1) is 10.7 Å². The lowest BCUT2D eigenvalue weighted by Crippen LogP contribution is -2.51. The van der Waals surface area contributed by atoms with Crippen LogP contribution in [0.5, 0.6) is 0 Å². The maximum absolute atomic E-state index is 14.8. The van der Waals surface area contributed by atoms with Crippen molar-refractivity contribution in [1.82, 2.24) is 10.3 Å². The molecule has 0 unspecified atom stereocenters. The highest BCUT2D eigenvalue weighted by Crippen LogP contribution is 2.38. The average Bonchev–Trinajstić information content (AvgIpc) is 2.84. The number of pyridine rings is 1. The van der Waals surface area contributed by atoms with Crippen LogP contribution in [0.3, 0.4) is 0 Å². The monoisotopic (exact) mass is 579 g/mol. The molecule has 0 fully saturated rings. The Bertz CT molecular complexity index is 1510. The van der Waals surface area contributed by atoms with E-state index >= 15 is 0 Å². The zero-order valence-electron chi connectivity index (χ0n) is 20.2. The summed E-state index contributed by atoms with van der Waals surface area (Å²) >= 11 is 12.3. The summed E-state index contributed by atoms with van der Waals surface area (Å²) in [6, 6.07) is 13.3. The standard InChI is InChI=1S/C28H20Cl2F5N3O/c1-27(34,35)17-9-18(11-22(33)10-17)28(25-8-6-19(29)15-36-25,14-16-5-7-21(32)13-24(16)30)38-26(39)37-23-4-2-3-20(31)12-23/h2-13,15H,14H2,1H3,(H2,37,38,39)/t28-/m0/s1. The van der Waals surface area contributed by atoms with E-state index < -0.39 is 40.5 Å². The van der Waals surface area contributed by atoms with Gasteiger partial charge in [0.15, 0.2) is 0 Å². The number of halogens is 7. The molecule has 1 atom stereocenters. The summed E-state index contributed by atoms with van der Waals surface area (Å²) in [5.41, 5.74) is -2.15. The van der Waals surface area contributed by atoms with Crippen LogP contribution in [0.2, 0.25) is 10.0 Å². The Hall–Kier alpha value is -3.69. The van der Waals surface area contributed by atoms with Crippen LogP contribution in [-0.4, -0.2) is 11.0 Å². The van der Waals surface area contributed by atoms with Crippen molar-refractivity contribution >= 4 is 34.9 Å². The lowest BCUT2D eigenvalue weighted by atomic mass is 9.79. The molecule has 1 heterocycles. The highest BCUT2D eigenvalue weighted by Gasteiger charge is 2.40. The first-order chi connectivity index (χ1) is 18.4. The molecule has 4 nitrogen and oxygen atoms in total. The molecule has 3 aromatic carbocycles. The topological polar surface area (TPSA) is 54.0 Å². The number of carbonyl (C=O) groups excluding carboxylic acids is 1. The Morgan fingerprint density at radius 1 is 0.872 bits per heavy atom. The Balaban J connectivity index is 1.94. The van der Waals surface area contributed by atoms with Gasteiger partial charge in [-0.15, -0.1) is 0 Å². The third-order valence-corrected chi connectivity index (χ3v) is 6.52. The molecule has 0 bridgehead atoms. The summed E-state index contributed by atoms with van der Waals surface area (Å²) in [4.78, 5) is 17.6. The number of nitrogens with zero attached hydrogens (tertiary/aromatic N) is 1. The predicted octanol–water partition coefficient (Wildman–Crippen LogP) is 8.23. The first-order valence-electron chi connectivity index (χ1n) is 11.5. The fourth-order valence-electron chi connectivity index (χ4n) is 4.11. The van der Waals surface area contributed by atoms with Crippen LogP contribution in [0.25, 0.3) is 0 Å². The molecule has 11 heteroatoms. The normalized spacial score (nSPS) is 13.0. The smallest absolute Gasteiger partial charge is 0.320 e. The van der Waals surface area contributed by atoms with Gasteiger partial charge >= 0.3 is 6.03 Å². The number of rotatable bonds is 7. The second-order valence-corrected chi connectivity index (χ2v) is 9.73. The molecule has 39 heavy (non-hydrogen) atoms. The number of anilines is 1. The third kappa shape index (κ3) is 6.66. The molecule has 0 radical (unpaired) electrons. The quantitative estimate of drug-likeness (QED) is 0.217. The Labute approximate surface area is 230 Å². The van der Waals surface area contributed by atoms with Gasteiger partial charge in [-0.25, -0.2) is 26.7 Å². The molecule has 1 aromatic heterocycles. The zero-order chi connectivity index (χ0) is 28.4. The van der Waals surface area contributed by atoms with Crippen molar-refractivity contribution in [2.75, 3.05) is 5.32 Å². The van der Waals surface area contributed by atoms with Gasteiger partial charge in [-0.3, -0.25) is 4.98 Å². The van der Waals surface area contributed by atoms with Gasteiger partial charge in [-0.1, -0.05) is 35.3 Å². The van der Waals surface area contributed by atoms with E-state index in [2.05, 4.69) is 15.6 Å². The van der Waals surface area contributed by atoms with Gasteiger partial charge in [0.25, 0.3) is 5.92 Å². The molecule has 0 aliphatic heterocycles. The number of benzene rings is 3. The summed E-state index contributed by atoms with van der Waals surface area (Å²) in [6.07, 6.45) is 0.994. The molecule has 0 aliphatic carbocycles. The largest absolute Gasteiger partial charge is 0.322 e. The van der Waals surface area contributed by atoms with E-state index in [0.717, 1.165) is 30.3 Å². The van der Waals surface area contributed by atoms with Crippen molar-refractivity contribution < 1.29 is 26.7 Å². The van der Waals surface area contributed by atoms with Crippen molar-refractivity contribution in [3.63, 3.8) is 0 Å². The molecule has 0 aliphatic rings. The lowest BCUT2D eigenvalue weighted by molar-refractivity contribution is 0.0170. The molecular weight excluding hydrogens is 560 g/mol. The Morgan fingerprint density at radius 2 is 1.59 bits per heavy atom. The van der Waals surface area contributed by atoms with Gasteiger partial charge in [-0.2, -0.15) is 0 Å². The van der Waals surface area contributed by atoms with Crippen LogP contribution >= 0.6 is 23.2 Å². The average molecular weight is 580 g/mol. The second-order valence-electron chi connectivity index (χ2n) is 8.89. The van der Waals surface area contributed by atoms with E-state index in [-0.39, 0.29) is 39.0 Å². The van der Waals surface area contributed by atoms with Crippen molar-refractivity contribution in [2.24, 2.45) is 0 Å². The minimum Gasteiger partial charge on any atom is -0.322 e. The SMILES string of the molecule is CC(F)(F)c1cc(F)cc([C@](Cc2ccc(F)cc2Cl)(NC(=O)Nc2cccc(F)c2)c2ccc(Cl)cn2)c1. The predicted molar refractivity (Wildman–Crippen MR) is 140 cm³/mol. The van der Waals surface area contributed by atoms with Gasteiger partial charge in [0.1, 0.15) is 23.0 Å². The van der Waals surface area contributed by atoms with E-state index in [0.29, 0.717) is 13.0 Å². The maximum Gasteiger partial charge on any atom is 0.320 e. The number of hydrogen-bond acceptors (Lipinski definition) is 2. The highest BCUT2D eigenvalue weighted by atomic mass is 35.5. The fourth-order valence-corrected chi connectivity index (χ4v) is 4.46. The number of alkyl halides is 2. The number of aromatic nitrogens is 1. The molecule has 2 amide bonds. The van der Waals surface area contributed by atoms with Crippen molar-refractivity contribution in [3.8, 4) is 0 Å². The summed E-state index contributed by atoms with van der Waals surface area (Å²) in [7, 11) is 0. The molecular formula is C28H20Cl2F5N3O. The molecule has 2 N–H and O–H groups in total. The van der Waals surface area contributed by atoms with Crippen LogP contribution in [0.1, 0.15) is 29.3 Å². The van der Waals surface area contributed by atoms with Gasteiger partial charge in [0.2, 0.25) is 0 Å². The summed E-state index contributed by atoms with van der Waals surface area (Å²) in [6.45, 7) is 0.606. The molecule has 0 saturated carbocycles. The fraction of sp³-hybridized carbons (Fsp3) is 0.143. The van der Waals surface area contributed by atoms with Crippen LogP contribution in [0.4, 0.5) is 32.4 Å². The van der Waals surface area contributed by atoms with E-state index in [4.69, 9.17) is 23.2 Å². The van der Waals surface area contributed by atoms with E-state index in [9.17, 15) is 26.7 Å². The van der Waals surface area contributed by atoms with Crippen LogP contribution in [0, 0.1) is 17.5 Å². The molecule has 202 valence electrons. The van der Waals surface area contributed by atoms with Gasteiger partial charge in [-0.05, 0) is 71.8 Å². The van der Waals surface area contributed by atoms with Crippen molar-refractivity contribution in [1.29, 1.82) is 0 Å². The van der Waals surface area contributed by atoms with Crippen LogP contribution in [-0.2, 0) is 17.9 Å². The van der Waals surface area contributed by atoms with E-state index in [1.165, 1.54) is 42.6 Å². The van der Waals surface area contributed by atoms with Crippen molar-refractivity contribution in [2.45, 2.75) is 24.8 Å². The van der Waals surface area contributed by atoms with Crippen LogP contribution < -0.4 is 10.6 Å². The molecule has 4 rings (SSSR count). The van der Waals surface area contributed by atoms with Crippen LogP contribution in [0.15, 0.2) is 79.0 Å². The first-order valence-corrected chi connectivity index (χ1v) is 12.2. The van der Waals surface area contributed by atoms with E-state index in [1.54, 1.807) is 0 Å². The highest BCUT2D eigenvalue weighted by molar-refractivity contribution is 6.31. The minimum atomic E-state index is -3.44. The van der Waals surface area contributed by atoms with Gasteiger partial charge in [0, 0.05) is 35.8 Å². The molecule has 0 saturated heterocycles. The number of nitrogens with one attached hydrogen (secondary N) is 2. The Morgan fingerprint density at radius 3 is 2.23 bits per heavy atom. The minimum absolute atomic E-state index is 0.0295. The van der Waals surface area contributed by atoms with E-state index in [1.807, 2.05) is 0 Å².